The van der Waals surface area contributed by atoms with Gasteiger partial charge in [-0.05, 0) is 67.4 Å². The van der Waals surface area contributed by atoms with Gasteiger partial charge in [0.2, 0.25) is 0 Å². The lowest BCUT2D eigenvalue weighted by molar-refractivity contribution is 1.14. The van der Waals surface area contributed by atoms with Gasteiger partial charge < -0.3 is 4.57 Å². The van der Waals surface area contributed by atoms with Crippen LogP contribution in [-0.2, 0) is 0 Å². The first kappa shape index (κ1) is 28.2. The molecule has 4 nitrogen and oxygen atoms in total. The molecule has 0 aliphatic heterocycles. The molecule has 8 rings (SSSR count). The third kappa shape index (κ3) is 5.14. The number of aromatic nitrogens is 3. The Balaban J connectivity index is 1.40. The summed E-state index contributed by atoms with van der Waals surface area (Å²) < 4.78 is 2.26. The molecule has 0 unspecified atom stereocenters. The minimum Gasteiger partial charge on any atom is -0.308 e. The molecule has 0 radical (unpaired) electrons. The van der Waals surface area contributed by atoms with E-state index in [4.69, 9.17) is 9.97 Å². The van der Waals surface area contributed by atoms with Crippen molar-refractivity contribution in [2.45, 2.75) is 13.8 Å². The second-order valence-electron chi connectivity index (χ2n) is 12.0. The van der Waals surface area contributed by atoms with Crippen LogP contribution in [0.25, 0.3) is 72.5 Å². The van der Waals surface area contributed by atoms with E-state index in [2.05, 4.69) is 109 Å². The number of hydrogen-bond donors (Lipinski definition) is 0. The summed E-state index contributed by atoms with van der Waals surface area (Å²) in [5.74, 6) is 0.600. The summed E-state index contributed by atoms with van der Waals surface area (Å²) in [5.41, 5.74) is 13.0. The van der Waals surface area contributed by atoms with Crippen LogP contribution >= 0.6 is 0 Å². The molecule has 6 aromatic carbocycles. The van der Waals surface area contributed by atoms with E-state index >= 15 is 0 Å². The molecular formula is C43H30N4. The van der Waals surface area contributed by atoms with Gasteiger partial charge in [-0.25, -0.2) is 9.97 Å². The fourth-order valence-corrected chi connectivity index (χ4v) is 6.61. The number of rotatable bonds is 5. The van der Waals surface area contributed by atoms with Crippen LogP contribution in [0.1, 0.15) is 16.7 Å². The lowest BCUT2D eigenvalue weighted by Gasteiger charge is -2.15. The zero-order valence-electron chi connectivity index (χ0n) is 26.1. The molecule has 2 aromatic heterocycles. The predicted octanol–water partition coefficient (Wildman–Crippen LogP) is 10.7. The number of fused-ring (bicyclic) bond motifs is 3. The van der Waals surface area contributed by atoms with Crippen molar-refractivity contribution >= 4 is 21.8 Å². The largest absolute Gasteiger partial charge is 0.308 e. The van der Waals surface area contributed by atoms with Gasteiger partial charge in [-0.3, -0.25) is 0 Å². The molecule has 0 aliphatic rings. The summed E-state index contributed by atoms with van der Waals surface area (Å²) in [4.78, 5) is 10.3. The molecule has 4 heteroatoms. The summed E-state index contributed by atoms with van der Waals surface area (Å²) in [6.07, 6.45) is 0. The number of benzene rings is 6. The van der Waals surface area contributed by atoms with Gasteiger partial charge in [0.15, 0.2) is 5.82 Å². The van der Waals surface area contributed by atoms with Crippen LogP contribution in [0.15, 0.2) is 146 Å². The molecule has 0 saturated carbocycles. The van der Waals surface area contributed by atoms with Gasteiger partial charge in [0, 0.05) is 27.5 Å². The van der Waals surface area contributed by atoms with Crippen molar-refractivity contribution in [2.24, 2.45) is 0 Å². The number of nitriles is 1. The number of nitrogens with zero attached hydrogens (tertiary/aromatic N) is 4. The second-order valence-corrected chi connectivity index (χ2v) is 12.0. The maximum atomic E-state index is 10.0. The Morgan fingerprint density at radius 3 is 1.79 bits per heavy atom. The van der Waals surface area contributed by atoms with E-state index in [0.29, 0.717) is 11.4 Å². The highest BCUT2D eigenvalue weighted by molar-refractivity contribution is 6.11. The maximum Gasteiger partial charge on any atom is 0.162 e. The Labute approximate surface area is 273 Å². The molecular weight excluding hydrogens is 573 g/mol. The van der Waals surface area contributed by atoms with E-state index in [1.165, 1.54) is 22.3 Å². The van der Waals surface area contributed by atoms with Crippen LogP contribution in [-0.4, -0.2) is 14.5 Å². The van der Waals surface area contributed by atoms with Crippen LogP contribution in [0.5, 0.6) is 0 Å². The molecule has 222 valence electrons. The Hall–Kier alpha value is -6.31. The standard InChI is InChI=1S/C43H30N4/c1-28-21-29(2)23-34(22-28)33-18-20-41-37(25-33)35-15-9-10-16-40(35)47(41)42-24-30(27-44)17-19-36(42)43-45-38(31-11-5-3-6-12-31)26-39(46-43)32-13-7-4-8-14-32/h3-26H,1-2H3. The van der Waals surface area contributed by atoms with Crippen LogP contribution in [0.2, 0.25) is 0 Å². The average molecular weight is 603 g/mol. The Morgan fingerprint density at radius 2 is 1.13 bits per heavy atom. The van der Waals surface area contributed by atoms with Crippen LogP contribution in [0.4, 0.5) is 0 Å². The maximum absolute atomic E-state index is 10.0. The number of para-hydroxylation sites is 1. The van der Waals surface area contributed by atoms with Gasteiger partial charge in [0.1, 0.15) is 0 Å². The first-order valence-corrected chi connectivity index (χ1v) is 15.7. The van der Waals surface area contributed by atoms with E-state index in [0.717, 1.165) is 55.6 Å². The van der Waals surface area contributed by atoms with E-state index in [1.807, 2.05) is 60.7 Å². The van der Waals surface area contributed by atoms with Crippen molar-refractivity contribution in [3.05, 3.63) is 162 Å². The summed E-state index contributed by atoms with van der Waals surface area (Å²) in [5, 5.41) is 12.3. The van der Waals surface area contributed by atoms with E-state index < -0.39 is 0 Å². The third-order valence-corrected chi connectivity index (χ3v) is 8.70. The van der Waals surface area contributed by atoms with Crippen molar-refractivity contribution in [3.63, 3.8) is 0 Å². The molecule has 0 saturated heterocycles. The topological polar surface area (TPSA) is 54.5 Å². The van der Waals surface area contributed by atoms with Gasteiger partial charge in [-0.1, -0.05) is 114 Å². The SMILES string of the molecule is Cc1cc(C)cc(-c2ccc3c(c2)c2ccccc2n3-c2cc(C#N)ccc2-c2nc(-c3ccccc3)cc(-c3ccccc3)n2)c1. The molecule has 0 aliphatic carbocycles. The Bertz CT molecular complexity index is 2410. The fraction of sp³-hybridized carbons (Fsp3) is 0.0465. The number of aryl methyl sites for hydroxylation is 2. The molecule has 0 bridgehead atoms. The highest BCUT2D eigenvalue weighted by Crippen LogP contribution is 2.39. The molecule has 0 N–H and O–H groups in total. The van der Waals surface area contributed by atoms with Gasteiger partial charge in [0.05, 0.1) is 39.7 Å². The van der Waals surface area contributed by atoms with Crippen molar-refractivity contribution in [2.75, 3.05) is 0 Å². The smallest absolute Gasteiger partial charge is 0.162 e. The van der Waals surface area contributed by atoms with Crippen LogP contribution in [0.3, 0.4) is 0 Å². The first-order valence-electron chi connectivity index (χ1n) is 15.7. The minimum atomic E-state index is 0.573. The Morgan fingerprint density at radius 1 is 0.511 bits per heavy atom. The molecule has 47 heavy (non-hydrogen) atoms. The summed E-state index contributed by atoms with van der Waals surface area (Å²) in [6, 6.07) is 52.4. The minimum absolute atomic E-state index is 0.573. The predicted molar refractivity (Wildman–Crippen MR) is 192 cm³/mol. The molecule has 2 heterocycles. The molecule has 0 fully saturated rings. The van der Waals surface area contributed by atoms with Gasteiger partial charge in [-0.2, -0.15) is 5.26 Å². The van der Waals surface area contributed by atoms with Gasteiger partial charge >= 0.3 is 0 Å². The summed E-state index contributed by atoms with van der Waals surface area (Å²) >= 11 is 0. The second kappa shape index (κ2) is 11.6. The lowest BCUT2D eigenvalue weighted by atomic mass is 9.99. The zero-order chi connectivity index (χ0) is 31.9. The van der Waals surface area contributed by atoms with Gasteiger partial charge in [-0.15, -0.1) is 0 Å². The molecule has 0 spiro atoms. The molecule has 8 aromatic rings. The first-order chi connectivity index (χ1) is 23.1. The van der Waals surface area contributed by atoms with E-state index in [-0.39, 0.29) is 0 Å². The third-order valence-electron chi connectivity index (χ3n) is 8.70. The molecule has 0 atom stereocenters. The quantitative estimate of drug-likeness (QED) is 0.197. The van der Waals surface area contributed by atoms with Crippen molar-refractivity contribution in [1.29, 1.82) is 5.26 Å². The van der Waals surface area contributed by atoms with Gasteiger partial charge in [0.25, 0.3) is 0 Å². The average Bonchev–Trinajstić information content (AvgIpc) is 3.45. The van der Waals surface area contributed by atoms with E-state index in [1.54, 1.807) is 0 Å². The highest BCUT2D eigenvalue weighted by atomic mass is 15.0. The lowest BCUT2D eigenvalue weighted by Crippen LogP contribution is -2.02. The monoisotopic (exact) mass is 602 g/mol. The normalized spacial score (nSPS) is 11.2. The van der Waals surface area contributed by atoms with Crippen LogP contribution in [0, 0.1) is 25.2 Å². The van der Waals surface area contributed by atoms with E-state index in [9.17, 15) is 5.26 Å². The summed E-state index contributed by atoms with van der Waals surface area (Å²) in [6.45, 7) is 4.28. The van der Waals surface area contributed by atoms with Crippen LogP contribution < -0.4 is 0 Å². The number of hydrogen-bond acceptors (Lipinski definition) is 3. The highest BCUT2D eigenvalue weighted by Gasteiger charge is 2.20. The Kier molecular flexibility index (Phi) is 6.93. The fourth-order valence-electron chi connectivity index (χ4n) is 6.61. The molecule has 0 amide bonds. The van der Waals surface area contributed by atoms with Crippen molar-refractivity contribution < 1.29 is 0 Å². The van der Waals surface area contributed by atoms with Crippen molar-refractivity contribution in [3.8, 4) is 56.8 Å². The van der Waals surface area contributed by atoms with Crippen molar-refractivity contribution in [1.82, 2.24) is 14.5 Å². The zero-order valence-corrected chi connectivity index (χ0v) is 26.1. The summed E-state index contributed by atoms with van der Waals surface area (Å²) in [7, 11) is 0.